The predicted molar refractivity (Wildman–Crippen MR) is 162 cm³/mol. The first-order valence-corrected chi connectivity index (χ1v) is 15.4. The number of hydrogen-bond acceptors (Lipinski definition) is 8. The Kier molecular flexibility index (Phi) is 7.22. The Morgan fingerprint density at radius 2 is 1.95 bits per heavy atom. The third kappa shape index (κ3) is 4.53. The summed E-state index contributed by atoms with van der Waals surface area (Å²) in [5.74, 6) is -0.142. The zero-order valence-electron chi connectivity index (χ0n) is 22.1. The molecule has 3 heterocycles. The van der Waals surface area contributed by atoms with Gasteiger partial charge in [-0.2, -0.15) is 0 Å². The minimum Gasteiger partial charge on any atom is -0.497 e. The standard InChI is InChI=1S/C29H29N3O5S3/c1-3-30-27(36)25(40-29(30)38)28-31(15-24(33)34)26(35)23(39-28)14-16-7-12-22-20(13-16)19-5-4-6-21(19)32(22)17-8-10-18(37-2)11-9-17/h7-14,19,21,29,38H,3-6,15H2,1-2H3,(H,33,34)/b23-14+,28-25+. The molecule has 1 amide bonds. The van der Waals surface area contributed by atoms with Crippen molar-refractivity contribution in [2.45, 2.75) is 49.4 Å². The lowest BCUT2D eigenvalue weighted by Crippen LogP contribution is -2.35. The average molecular weight is 596 g/mol. The second-order valence-electron chi connectivity index (χ2n) is 10.1. The molecular formula is C29H29N3O5S3. The van der Waals surface area contributed by atoms with Crippen molar-refractivity contribution >= 4 is 70.0 Å². The number of thioether (sulfide) groups is 1. The molecule has 1 saturated heterocycles. The number of carbonyl (C=O) groups is 2. The number of rotatable bonds is 6. The van der Waals surface area contributed by atoms with Gasteiger partial charge in [-0.1, -0.05) is 24.2 Å². The summed E-state index contributed by atoms with van der Waals surface area (Å²) in [4.78, 5) is 42.5. The van der Waals surface area contributed by atoms with Crippen LogP contribution in [-0.2, 0) is 16.1 Å². The average Bonchev–Trinajstić information content (AvgIpc) is 3.67. The van der Waals surface area contributed by atoms with Crippen molar-refractivity contribution in [1.82, 2.24) is 9.47 Å². The van der Waals surface area contributed by atoms with Gasteiger partial charge in [0.15, 0.2) is 0 Å². The van der Waals surface area contributed by atoms with Crippen LogP contribution in [0.25, 0.3) is 11.0 Å². The molecule has 3 unspecified atom stereocenters. The van der Waals surface area contributed by atoms with Crippen molar-refractivity contribution in [1.29, 1.82) is 0 Å². The maximum absolute atomic E-state index is 13.4. The molecule has 40 heavy (non-hydrogen) atoms. The van der Waals surface area contributed by atoms with E-state index in [0.717, 1.165) is 47.6 Å². The molecule has 3 atom stereocenters. The molecule has 208 valence electrons. The summed E-state index contributed by atoms with van der Waals surface area (Å²) in [6, 6.07) is 14.8. The third-order valence-corrected chi connectivity index (χ3v) is 10.8. The highest BCUT2D eigenvalue weighted by Crippen LogP contribution is 2.52. The Morgan fingerprint density at radius 3 is 2.62 bits per heavy atom. The number of carboxylic acid groups (broad SMARTS) is 1. The molecule has 1 aromatic heterocycles. The van der Waals surface area contributed by atoms with Gasteiger partial charge in [-0.05, 0) is 73.4 Å². The first-order valence-electron chi connectivity index (χ1n) is 13.2. The maximum Gasteiger partial charge on any atom is 0.323 e. The number of thiol groups is 1. The van der Waals surface area contributed by atoms with E-state index in [2.05, 4.69) is 41.8 Å². The minimum absolute atomic E-state index is 0.233. The molecule has 11 heteroatoms. The summed E-state index contributed by atoms with van der Waals surface area (Å²) in [5.41, 5.74) is 4.04. The van der Waals surface area contributed by atoms with Gasteiger partial charge in [-0.25, -0.2) is 0 Å². The van der Waals surface area contributed by atoms with Crippen molar-refractivity contribution < 1.29 is 19.4 Å². The number of amides is 1. The van der Waals surface area contributed by atoms with Gasteiger partial charge in [0.2, 0.25) is 0 Å². The van der Waals surface area contributed by atoms with Gasteiger partial charge in [-0.3, -0.25) is 19.0 Å². The SMILES string of the molecule is CCN1C(=O)/C(=c2\s/c(=C/c3ccc4c(c3)C3CCCC3N4c3ccc(OC)cc3)c(=O)n2CC(=O)O)SC1S. The number of thiazole rings is 1. The number of nitrogens with zero attached hydrogens (tertiary/aromatic N) is 3. The topological polar surface area (TPSA) is 92.1 Å². The lowest BCUT2D eigenvalue weighted by molar-refractivity contribution is -0.137. The fourth-order valence-electron chi connectivity index (χ4n) is 6.05. The van der Waals surface area contributed by atoms with Crippen LogP contribution in [-0.4, -0.2) is 50.9 Å². The lowest BCUT2D eigenvalue weighted by atomic mass is 9.96. The summed E-state index contributed by atoms with van der Waals surface area (Å²) in [7, 11) is 1.66. The van der Waals surface area contributed by atoms with Crippen LogP contribution in [0.1, 0.15) is 43.2 Å². The number of hydrogen-bond donors (Lipinski definition) is 2. The van der Waals surface area contributed by atoms with Crippen molar-refractivity contribution in [2.75, 3.05) is 18.6 Å². The highest BCUT2D eigenvalue weighted by molar-refractivity contribution is 8.18. The Morgan fingerprint density at radius 1 is 1.18 bits per heavy atom. The predicted octanol–water partition coefficient (Wildman–Crippen LogP) is 3.54. The Hall–Kier alpha value is -3.15. The van der Waals surface area contributed by atoms with Crippen molar-refractivity contribution in [2.24, 2.45) is 0 Å². The minimum atomic E-state index is -1.14. The molecule has 8 nitrogen and oxygen atoms in total. The molecule has 0 bridgehead atoms. The Labute approximate surface area is 245 Å². The second kappa shape index (κ2) is 10.7. The summed E-state index contributed by atoms with van der Waals surface area (Å²) in [6.07, 6.45) is 5.20. The summed E-state index contributed by atoms with van der Waals surface area (Å²) < 4.78 is 6.94. The second-order valence-corrected chi connectivity index (χ2v) is 13.0. The summed E-state index contributed by atoms with van der Waals surface area (Å²) in [5, 5.41) is 9.51. The van der Waals surface area contributed by atoms with Gasteiger partial charge in [0, 0.05) is 29.9 Å². The summed E-state index contributed by atoms with van der Waals surface area (Å²) >= 11 is 6.90. The number of benzene rings is 2. The molecular weight excluding hydrogens is 567 g/mol. The largest absolute Gasteiger partial charge is 0.497 e. The van der Waals surface area contributed by atoms with Crippen LogP contribution in [0.5, 0.6) is 5.75 Å². The monoisotopic (exact) mass is 595 g/mol. The van der Waals surface area contributed by atoms with Crippen LogP contribution in [0.2, 0.25) is 0 Å². The van der Waals surface area contributed by atoms with Crippen LogP contribution in [0.15, 0.2) is 47.3 Å². The number of anilines is 2. The van der Waals surface area contributed by atoms with Gasteiger partial charge in [0.25, 0.3) is 11.5 Å². The van der Waals surface area contributed by atoms with Crippen LogP contribution in [0, 0.1) is 0 Å². The van der Waals surface area contributed by atoms with E-state index >= 15 is 0 Å². The molecule has 1 aliphatic carbocycles. The number of carbonyl (C=O) groups excluding carboxylic acids is 1. The van der Waals surface area contributed by atoms with Crippen LogP contribution in [0.3, 0.4) is 0 Å². The Balaban J connectivity index is 1.45. The molecule has 6 rings (SSSR count). The van der Waals surface area contributed by atoms with Gasteiger partial charge in [-0.15, -0.1) is 24.0 Å². The zero-order valence-corrected chi connectivity index (χ0v) is 24.6. The highest BCUT2D eigenvalue weighted by Gasteiger charge is 2.42. The van der Waals surface area contributed by atoms with Crippen molar-refractivity contribution in [3.05, 3.63) is 73.1 Å². The highest BCUT2D eigenvalue weighted by atomic mass is 32.2. The first-order chi connectivity index (χ1) is 19.3. The van der Waals surface area contributed by atoms with Crippen molar-refractivity contribution in [3.63, 3.8) is 0 Å². The van der Waals surface area contributed by atoms with E-state index in [0.29, 0.717) is 32.6 Å². The van der Waals surface area contributed by atoms with E-state index in [1.807, 2.05) is 31.2 Å². The third-order valence-electron chi connectivity index (χ3n) is 7.85. The zero-order chi connectivity index (χ0) is 28.1. The van der Waals surface area contributed by atoms with Crippen LogP contribution >= 0.6 is 35.7 Å². The van der Waals surface area contributed by atoms with Gasteiger partial charge in [0.1, 0.15) is 26.6 Å². The van der Waals surface area contributed by atoms with E-state index in [-0.39, 0.29) is 10.6 Å². The molecule has 0 radical (unpaired) electrons. The van der Waals surface area contributed by atoms with Gasteiger partial charge < -0.3 is 19.6 Å². The quantitative estimate of drug-likeness (QED) is 0.422. The number of aromatic nitrogens is 1. The molecule has 3 aromatic rings. The van der Waals surface area contributed by atoms with Crippen molar-refractivity contribution in [3.8, 4) is 5.75 Å². The van der Waals surface area contributed by atoms with E-state index in [4.69, 9.17) is 4.74 Å². The molecule has 1 N–H and O–H groups in total. The number of carboxylic acids is 1. The number of ether oxygens (including phenoxy) is 1. The van der Waals surface area contributed by atoms with E-state index < -0.39 is 18.1 Å². The number of aliphatic carboxylic acids is 1. The summed E-state index contributed by atoms with van der Waals surface area (Å²) in [6.45, 7) is 1.83. The van der Waals surface area contributed by atoms with E-state index in [9.17, 15) is 19.5 Å². The normalized spacial score (nSPS) is 23.6. The number of methoxy groups -OCH3 is 1. The maximum atomic E-state index is 13.4. The fourth-order valence-corrected chi connectivity index (χ4v) is 8.96. The number of fused-ring (bicyclic) bond motifs is 3. The molecule has 0 spiro atoms. The molecule has 3 aliphatic rings. The van der Waals surface area contributed by atoms with Gasteiger partial charge in [0.05, 0.1) is 11.6 Å². The lowest BCUT2D eigenvalue weighted by Gasteiger charge is -2.27. The van der Waals surface area contributed by atoms with Crippen LogP contribution in [0.4, 0.5) is 11.4 Å². The van der Waals surface area contributed by atoms with Crippen LogP contribution < -0.4 is 24.4 Å². The molecule has 2 fully saturated rings. The Bertz CT molecular complexity index is 1680. The van der Waals surface area contributed by atoms with Gasteiger partial charge >= 0.3 is 5.97 Å². The first kappa shape index (κ1) is 27.0. The molecule has 1 saturated carbocycles. The fraction of sp³-hybridized carbons (Fsp3) is 0.345. The smallest absolute Gasteiger partial charge is 0.323 e. The molecule has 2 aliphatic heterocycles. The van der Waals surface area contributed by atoms with E-state index in [1.165, 1.54) is 27.6 Å². The van der Waals surface area contributed by atoms with E-state index in [1.54, 1.807) is 12.0 Å². The molecule has 2 aromatic carbocycles.